The van der Waals surface area contributed by atoms with Gasteiger partial charge in [-0.25, -0.2) is 4.79 Å². The number of esters is 1. The lowest BCUT2D eigenvalue weighted by Crippen LogP contribution is -2.45. The van der Waals surface area contributed by atoms with Crippen molar-refractivity contribution in [2.75, 3.05) is 6.61 Å². The third-order valence-electron chi connectivity index (χ3n) is 3.07. The van der Waals surface area contributed by atoms with Crippen LogP contribution in [0, 0.1) is 0 Å². The van der Waals surface area contributed by atoms with Crippen molar-refractivity contribution >= 4 is 34.9 Å². The first kappa shape index (κ1) is 15.6. The summed E-state index contributed by atoms with van der Waals surface area (Å²) < 4.78 is 5.09. The third-order valence-corrected chi connectivity index (χ3v) is 3.59. The zero-order valence-corrected chi connectivity index (χ0v) is 13.1. The fourth-order valence-corrected chi connectivity index (χ4v) is 2.59. The van der Waals surface area contributed by atoms with Crippen LogP contribution in [0.1, 0.15) is 25.5 Å². The Morgan fingerprint density at radius 3 is 2.86 bits per heavy atom. The average Bonchev–Trinajstić information content (AvgIpc) is 2.41. The van der Waals surface area contributed by atoms with Crippen LogP contribution in [0.4, 0.5) is 0 Å². The van der Waals surface area contributed by atoms with Gasteiger partial charge in [0.15, 0.2) is 5.11 Å². The van der Waals surface area contributed by atoms with Crippen LogP contribution in [0.15, 0.2) is 29.5 Å². The smallest absolute Gasteiger partial charge is 0.338 e. The zero-order chi connectivity index (χ0) is 15.6. The molecule has 7 heteroatoms. The molecule has 21 heavy (non-hydrogen) atoms. The van der Waals surface area contributed by atoms with E-state index in [-0.39, 0.29) is 17.4 Å². The van der Waals surface area contributed by atoms with Gasteiger partial charge in [-0.3, -0.25) is 0 Å². The Hall–Kier alpha value is -1.79. The number of carbonyl (C=O) groups excluding carboxylic acids is 1. The van der Waals surface area contributed by atoms with Crippen molar-refractivity contribution in [1.29, 1.82) is 0 Å². The van der Waals surface area contributed by atoms with Gasteiger partial charge in [0.05, 0.1) is 23.2 Å². The highest BCUT2D eigenvalue weighted by Crippen LogP contribution is 2.32. The molecule has 1 aromatic carbocycles. The molecule has 1 aliphatic heterocycles. The molecule has 0 saturated heterocycles. The average molecular weight is 327 g/mol. The van der Waals surface area contributed by atoms with Gasteiger partial charge in [-0.15, -0.1) is 0 Å². The van der Waals surface area contributed by atoms with E-state index < -0.39 is 12.0 Å². The highest BCUT2D eigenvalue weighted by atomic mass is 35.5. The number of halogens is 1. The van der Waals surface area contributed by atoms with E-state index in [1.165, 1.54) is 6.07 Å². The van der Waals surface area contributed by atoms with Crippen LogP contribution in [0.5, 0.6) is 5.75 Å². The number of benzene rings is 1. The van der Waals surface area contributed by atoms with Crippen molar-refractivity contribution in [1.82, 2.24) is 10.6 Å². The van der Waals surface area contributed by atoms with Crippen molar-refractivity contribution in [2.24, 2.45) is 0 Å². The number of allylic oxidation sites excluding steroid dienone is 1. The van der Waals surface area contributed by atoms with Gasteiger partial charge in [-0.2, -0.15) is 0 Å². The van der Waals surface area contributed by atoms with Crippen LogP contribution in [0.3, 0.4) is 0 Å². The molecule has 0 saturated carbocycles. The van der Waals surface area contributed by atoms with Gasteiger partial charge in [0, 0.05) is 5.70 Å². The molecule has 3 N–H and O–H groups in total. The summed E-state index contributed by atoms with van der Waals surface area (Å²) >= 11 is 11.1. The second kappa shape index (κ2) is 6.32. The van der Waals surface area contributed by atoms with E-state index in [1.54, 1.807) is 26.0 Å². The summed E-state index contributed by atoms with van der Waals surface area (Å²) in [4.78, 5) is 12.2. The second-order valence-electron chi connectivity index (χ2n) is 4.50. The zero-order valence-electron chi connectivity index (χ0n) is 11.6. The van der Waals surface area contributed by atoms with Crippen molar-refractivity contribution in [3.8, 4) is 5.75 Å². The molecule has 0 unspecified atom stereocenters. The molecule has 5 nitrogen and oxygen atoms in total. The summed E-state index contributed by atoms with van der Waals surface area (Å²) in [6, 6.07) is 4.27. The van der Waals surface area contributed by atoms with E-state index in [9.17, 15) is 9.90 Å². The predicted molar refractivity (Wildman–Crippen MR) is 84.1 cm³/mol. The Balaban J connectivity index is 2.46. The molecular weight excluding hydrogens is 312 g/mol. The number of hydrogen-bond donors (Lipinski definition) is 3. The van der Waals surface area contributed by atoms with Crippen molar-refractivity contribution in [3.63, 3.8) is 0 Å². The van der Waals surface area contributed by atoms with Gasteiger partial charge in [0.25, 0.3) is 0 Å². The van der Waals surface area contributed by atoms with Gasteiger partial charge >= 0.3 is 5.97 Å². The molecular formula is C14H15ClN2O3S. The van der Waals surface area contributed by atoms with E-state index in [0.29, 0.717) is 21.9 Å². The van der Waals surface area contributed by atoms with Crippen molar-refractivity contribution in [2.45, 2.75) is 19.9 Å². The lowest BCUT2D eigenvalue weighted by molar-refractivity contribution is -0.139. The molecule has 1 aliphatic rings. The first-order valence-electron chi connectivity index (χ1n) is 6.37. The van der Waals surface area contributed by atoms with Crippen molar-refractivity contribution in [3.05, 3.63) is 40.1 Å². The summed E-state index contributed by atoms with van der Waals surface area (Å²) in [6.45, 7) is 3.78. The minimum Gasteiger partial charge on any atom is -0.506 e. The molecule has 112 valence electrons. The van der Waals surface area contributed by atoms with Crippen LogP contribution in [-0.2, 0) is 9.53 Å². The topological polar surface area (TPSA) is 70.6 Å². The largest absolute Gasteiger partial charge is 0.506 e. The summed E-state index contributed by atoms with van der Waals surface area (Å²) in [5.41, 5.74) is 1.78. The standard InChI is InChI=1S/C14H15ClN2O3S/c1-3-20-13(19)11-7(2)16-14(21)17-12(11)8-4-5-10(18)9(15)6-8/h4-6,12,18H,3H2,1-2H3,(H2,16,17,21)/t12-/m0/s1. The first-order chi connectivity index (χ1) is 9.93. The minimum absolute atomic E-state index is 0.0182. The monoisotopic (exact) mass is 326 g/mol. The van der Waals surface area contributed by atoms with Gasteiger partial charge in [0.1, 0.15) is 5.75 Å². The SMILES string of the molecule is CCOC(=O)C1=C(C)NC(=S)N[C@H]1c1ccc(O)c(Cl)c1. The van der Waals surface area contributed by atoms with E-state index in [4.69, 9.17) is 28.6 Å². The maximum Gasteiger partial charge on any atom is 0.338 e. The lowest BCUT2D eigenvalue weighted by Gasteiger charge is -2.29. The molecule has 2 rings (SSSR count). The van der Waals surface area contributed by atoms with E-state index in [2.05, 4.69) is 10.6 Å². The molecule has 1 aromatic rings. The Labute approximate surface area is 132 Å². The van der Waals surface area contributed by atoms with Crippen LogP contribution in [-0.4, -0.2) is 22.8 Å². The summed E-state index contributed by atoms with van der Waals surface area (Å²) in [5.74, 6) is -0.443. The number of ether oxygens (including phenoxy) is 1. The van der Waals surface area contributed by atoms with E-state index in [0.717, 1.165) is 0 Å². The Morgan fingerprint density at radius 2 is 2.24 bits per heavy atom. The number of thiocarbonyl (C=S) groups is 1. The lowest BCUT2D eigenvalue weighted by atomic mass is 9.95. The molecule has 0 fully saturated rings. The number of phenolic OH excluding ortho intramolecular Hbond substituents is 1. The third kappa shape index (κ3) is 3.28. The molecule has 0 radical (unpaired) electrons. The highest BCUT2D eigenvalue weighted by Gasteiger charge is 2.31. The highest BCUT2D eigenvalue weighted by molar-refractivity contribution is 7.80. The van der Waals surface area contributed by atoms with Crippen LogP contribution in [0.2, 0.25) is 5.02 Å². The maximum atomic E-state index is 12.2. The molecule has 0 amide bonds. The van der Waals surface area contributed by atoms with E-state index >= 15 is 0 Å². The van der Waals surface area contributed by atoms with Crippen LogP contribution in [0.25, 0.3) is 0 Å². The van der Waals surface area contributed by atoms with Gasteiger partial charge in [-0.1, -0.05) is 17.7 Å². The number of nitrogens with one attached hydrogen (secondary N) is 2. The predicted octanol–water partition coefficient (Wildman–Crippen LogP) is 2.40. The van der Waals surface area contributed by atoms with Crippen molar-refractivity contribution < 1.29 is 14.6 Å². The number of carbonyl (C=O) groups is 1. The summed E-state index contributed by atoms with van der Waals surface area (Å²) in [5, 5.41) is 16.1. The van der Waals surface area contributed by atoms with Gasteiger partial charge in [-0.05, 0) is 43.8 Å². The van der Waals surface area contributed by atoms with E-state index in [1.807, 2.05) is 0 Å². The number of hydrogen-bond acceptors (Lipinski definition) is 4. The number of phenols is 1. The molecule has 0 spiro atoms. The second-order valence-corrected chi connectivity index (χ2v) is 5.32. The molecule has 1 atom stereocenters. The van der Waals surface area contributed by atoms with Crippen LogP contribution >= 0.6 is 23.8 Å². The fraction of sp³-hybridized carbons (Fsp3) is 0.286. The Morgan fingerprint density at radius 1 is 1.52 bits per heavy atom. The maximum absolute atomic E-state index is 12.2. The Bertz CT molecular complexity index is 631. The molecule has 0 aliphatic carbocycles. The fourth-order valence-electron chi connectivity index (χ4n) is 2.13. The van der Waals surface area contributed by atoms with Gasteiger partial charge in [0.2, 0.25) is 0 Å². The van der Waals surface area contributed by atoms with Crippen LogP contribution < -0.4 is 10.6 Å². The normalized spacial score (nSPS) is 18.0. The summed E-state index contributed by atoms with van der Waals surface area (Å²) in [7, 11) is 0. The molecule has 0 aromatic heterocycles. The number of aromatic hydroxyl groups is 1. The summed E-state index contributed by atoms with van der Waals surface area (Å²) in [6.07, 6.45) is 0. The molecule has 0 bridgehead atoms. The van der Waals surface area contributed by atoms with Gasteiger partial charge < -0.3 is 20.5 Å². The quantitative estimate of drug-likeness (QED) is 0.585. The Kier molecular flexibility index (Phi) is 4.69. The molecule has 1 heterocycles. The number of rotatable bonds is 3. The minimum atomic E-state index is -0.476. The first-order valence-corrected chi connectivity index (χ1v) is 7.16.